The Kier molecular flexibility index (Phi) is 2.75. The molecule has 0 unspecified atom stereocenters. The van der Waals surface area contributed by atoms with Crippen molar-refractivity contribution < 1.29 is 0 Å². The Morgan fingerprint density at radius 2 is 2.29 bits per heavy atom. The highest BCUT2D eigenvalue weighted by atomic mass is 35.5. The standard InChI is InChI=1S/C11H15ClN2/c1-11(5-2-6-11)14-8-9-3-4-10(12)13-7-9/h3-4,7,14H,2,5-6,8H2,1H3. The molecule has 0 saturated heterocycles. The van der Waals surface area contributed by atoms with Crippen molar-refractivity contribution in [3.8, 4) is 0 Å². The van der Waals surface area contributed by atoms with Crippen LogP contribution in [0.4, 0.5) is 0 Å². The maximum Gasteiger partial charge on any atom is 0.129 e. The number of halogens is 1. The summed E-state index contributed by atoms with van der Waals surface area (Å²) in [5.41, 5.74) is 1.56. The van der Waals surface area contributed by atoms with Crippen molar-refractivity contribution in [3.63, 3.8) is 0 Å². The van der Waals surface area contributed by atoms with Crippen molar-refractivity contribution in [2.24, 2.45) is 0 Å². The van der Waals surface area contributed by atoms with Gasteiger partial charge in [-0.15, -0.1) is 0 Å². The van der Waals surface area contributed by atoms with Crippen LogP contribution in [0.15, 0.2) is 18.3 Å². The van der Waals surface area contributed by atoms with E-state index in [4.69, 9.17) is 11.6 Å². The zero-order valence-corrected chi connectivity index (χ0v) is 9.14. The fraction of sp³-hybridized carbons (Fsp3) is 0.545. The molecule has 0 radical (unpaired) electrons. The van der Waals surface area contributed by atoms with Gasteiger partial charge in [0, 0.05) is 18.3 Å². The maximum atomic E-state index is 5.71. The fourth-order valence-corrected chi connectivity index (χ4v) is 1.82. The monoisotopic (exact) mass is 210 g/mol. The average Bonchev–Trinajstić information content (AvgIpc) is 2.14. The smallest absolute Gasteiger partial charge is 0.129 e. The fourth-order valence-electron chi connectivity index (χ4n) is 1.71. The molecule has 1 aliphatic carbocycles. The first-order valence-electron chi connectivity index (χ1n) is 5.03. The van der Waals surface area contributed by atoms with Crippen LogP contribution in [-0.4, -0.2) is 10.5 Å². The molecular weight excluding hydrogens is 196 g/mol. The largest absolute Gasteiger partial charge is 0.307 e. The topological polar surface area (TPSA) is 24.9 Å². The Morgan fingerprint density at radius 1 is 1.50 bits per heavy atom. The molecule has 14 heavy (non-hydrogen) atoms. The molecule has 1 aliphatic rings. The SMILES string of the molecule is CC1(NCc2ccc(Cl)nc2)CCC1. The lowest BCUT2D eigenvalue weighted by Gasteiger charge is -2.39. The Hall–Kier alpha value is -0.600. The molecule has 0 amide bonds. The minimum atomic E-state index is 0.361. The van der Waals surface area contributed by atoms with Crippen LogP contribution in [0.25, 0.3) is 0 Å². The van der Waals surface area contributed by atoms with Gasteiger partial charge in [-0.25, -0.2) is 4.98 Å². The van der Waals surface area contributed by atoms with Crippen LogP contribution in [0.5, 0.6) is 0 Å². The van der Waals surface area contributed by atoms with Crippen LogP contribution >= 0.6 is 11.6 Å². The zero-order chi connectivity index (χ0) is 10.0. The Labute approximate surface area is 89.7 Å². The number of nitrogens with one attached hydrogen (secondary N) is 1. The van der Waals surface area contributed by atoms with E-state index >= 15 is 0 Å². The third-order valence-corrected chi connectivity index (χ3v) is 3.19. The lowest BCUT2D eigenvalue weighted by molar-refractivity contribution is 0.207. The molecule has 1 saturated carbocycles. The van der Waals surface area contributed by atoms with Gasteiger partial charge in [0.05, 0.1) is 0 Å². The van der Waals surface area contributed by atoms with Gasteiger partial charge in [-0.2, -0.15) is 0 Å². The predicted molar refractivity (Wildman–Crippen MR) is 58.3 cm³/mol. The molecule has 1 aromatic heterocycles. The van der Waals surface area contributed by atoms with E-state index in [1.54, 1.807) is 0 Å². The summed E-state index contributed by atoms with van der Waals surface area (Å²) in [5, 5.41) is 4.11. The molecular formula is C11H15ClN2. The quantitative estimate of drug-likeness (QED) is 0.777. The summed E-state index contributed by atoms with van der Waals surface area (Å²) in [6.45, 7) is 3.17. The second-order valence-electron chi connectivity index (χ2n) is 4.26. The van der Waals surface area contributed by atoms with E-state index in [1.165, 1.54) is 24.8 Å². The first-order chi connectivity index (χ1) is 6.68. The van der Waals surface area contributed by atoms with Crippen molar-refractivity contribution in [2.45, 2.75) is 38.3 Å². The summed E-state index contributed by atoms with van der Waals surface area (Å²) >= 11 is 5.71. The van der Waals surface area contributed by atoms with E-state index < -0.39 is 0 Å². The average molecular weight is 211 g/mol. The Bertz CT molecular complexity index is 304. The molecule has 3 heteroatoms. The minimum Gasteiger partial charge on any atom is -0.307 e. The lowest BCUT2D eigenvalue weighted by Crippen LogP contribution is -2.47. The molecule has 0 spiro atoms. The molecule has 0 atom stereocenters. The number of pyridine rings is 1. The Morgan fingerprint density at radius 3 is 2.79 bits per heavy atom. The lowest BCUT2D eigenvalue weighted by atomic mass is 9.78. The summed E-state index contributed by atoms with van der Waals surface area (Å²) in [6, 6.07) is 3.85. The second kappa shape index (κ2) is 3.87. The van der Waals surface area contributed by atoms with Gasteiger partial charge in [0.15, 0.2) is 0 Å². The van der Waals surface area contributed by atoms with Gasteiger partial charge < -0.3 is 5.32 Å². The number of hydrogen-bond donors (Lipinski definition) is 1. The van der Waals surface area contributed by atoms with Crippen LogP contribution in [0.3, 0.4) is 0 Å². The molecule has 2 rings (SSSR count). The van der Waals surface area contributed by atoms with E-state index in [0.717, 1.165) is 6.54 Å². The summed E-state index contributed by atoms with van der Waals surface area (Å²) in [7, 11) is 0. The number of nitrogens with zero attached hydrogens (tertiary/aromatic N) is 1. The first-order valence-corrected chi connectivity index (χ1v) is 5.41. The molecule has 1 aromatic rings. The van der Waals surface area contributed by atoms with Gasteiger partial charge in [-0.3, -0.25) is 0 Å². The van der Waals surface area contributed by atoms with Gasteiger partial charge in [-0.1, -0.05) is 17.7 Å². The Balaban J connectivity index is 1.88. The van der Waals surface area contributed by atoms with Crippen molar-refractivity contribution in [1.82, 2.24) is 10.3 Å². The molecule has 1 fully saturated rings. The third-order valence-electron chi connectivity index (χ3n) is 2.97. The van der Waals surface area contributed by atoms with Gasteiger partial charge >= 0.3 is 0 Å². The van der Waals surface area contributed by atoms with E-state index in [9.17, 15) is 0 Å². The predicted octanol–water partition coefficient (Wildman–Crippen LogP) is 2.77. The van der Waals surface area contributed by atoms with Crippen LogP contribution in [0.2, 0.25) is 5.15 Å². The van der Waals surface area contributed by atoms with Gasteiger partial charge in [0.25, 0.3) is 0 Å². The number of aromatic nitrogens is 1. The van der Waals surface area contributed by atoms with Crippen LogP contribution in [0.1, 0.15) is 31.7 Å². The molecule has 1 heterocycles. The number of hydrogen-bond acceptors (Lipinski definition) is 2. The summed E-state index contributed by atoms with van der Waals surface area (Å²) < 4.78 is 0. The van der Waals surface area contributed by atoms with Crippen molar-refractivity contribution >= 4 is 11.6 Å². The molecule has 1 N–H and O–H groups in total. The molecule has 2 nitrogen and oxygen atoms in total. The normalized spacial score (nSPS) is 19.0. The van der Waals surface area contributed by atoms with Gasteiger partial charge in [0.1, 0.15) is 5.15 Å². The first kappa shape index (κ1) is 9.94. The van der Waals surface area contributed by atoms with Crippen LogP contribution < -0.4 is 5.32 Å². The van der Waals surface area contributed by atoms with Crippen LogP contribution in [-0.2, 0) is 6.54 Å². The molecule has 0 bridgehead atoms. The third kappa shape index (κ3) is 2.25. The molecule has 76 valence electrons. The van der Waals surface area contributed by atoms with E-state index in [2.05, 4.69) is 17.2 Å². The molecule has 0 aliphatic heterocycles. The van der Waals surface area contributed by atoms with Crippen molar-refractivity contribution in [3.05, 3.63) is 29.0 Å². The van der Waals surface area contributed by atoms with Crippen molar-refractivity contribution in [1.29, 1.82) is 0 Å². The van der Waals surface area contributed by atoms with Crippen LogP contribution in [0, 0.1) is 0 Å². The highest BCUT2D eigenvalue weighted by Gasteiger charge is 2.30. The summed E-state index contributed by atoms with van der Waals surface area (Å²) in [5.74, 6) is 0. The minimum absolute atomic E-state index is 0.361. The van der Waals surface area contributed by atoms with E-state index in [1.807, 2.05) is 18.3 Å². The highest BCUT2D eigenvalue weighted by molar-refractivity contribution is 6.29. The van der Waals surface area contributed by atoms with Gasteiger partial charge in [-0.05, 0) is 37.8 Å². The van der Waals surface area contributed by atoms with Gasteiger partial charge in [0.2, 0.25) is 0 Å². The van der Waals surface area contributed by atoms with Crippen molar-refractivity contribution in [2.75, 3.05) is 0 Å². The molecule has 0 aromatic carbocycles. The van der Waals surface area contributed by atoms with E-state index in [0.29, 0.717) is 10.7 Å². The summed E-state index contributed by atoms with van der Waals surface area (Å²) in [4.78, 5) is 4.05. The maximum absolute atomic E-state index is 5.71. The number of rotatable bonds is 3. The van der Waals surface area contributed by atoms with E-state index in [-0.39, 0.29) is 0 Å². The second-order valence-corrected chi connectivity index (χ2v) is 4.64. The zero-order valence-electron chi connectivity index (χ0n) is 8.39. The summed E-state index contributed by atoms with van der Waals surface area (Å²) in [6.07, 6.45) is 5.75. The highest BCUT2D eigenvalue weighted by Crippen LogP contribution is 2.31.